The average Bonchev–Trinajstić information content (AvgIpc) is 3.74. The number of benzene rings is 2. The van der Waals surface area contributed by atoms with Gasteiger partial charge < -0.3 is 45.3 Å². The molecule has 5 rings (SSSR count). The number of likely N-dealkylation sites (N-methyl/N-ethyl adjacent to an activating group) is 1. The van der Waals surface area contributed by atoms with Crippen LogP contribution in [0.15, 0.2) is 84.6 Å². The monoisotopic (exact) mass is 875 g/mol. The Labute approximate surface area is 372 Å². The molecule has 1 aromatic heterocycles. The number of aliphatic hydroxyl groups is 4. The number of ether oxygens (including phenoxy) is 3. The Morgan fingerprint density at radius 2 is 1.73 bits per heavy atom. The topological polar surface area (TPSA) is 206 Å². The first kappa shape index (κ1) is 49.7. The second-order valence-electron chi connectivity index (χ2n) is 17.7. The van der Waals surface area contributed by atoms with E-state index in [1.165, 1.54) is 0 Å². The van der Waals surface area contributed by atoms with Gasteiger partial charge in [-0.1, -0.05) is 86.2 Å². The van der Waals surface area contributed by atoms with E-state index in [0.29, 0.717) is 56.8 Å². The van der Waals surface area contributed by atoms with Crippen LogP contribution < -0.4 is 5.73 Å². The number of hydrogen-bond donors (Lipinski definition) is 5. The molecule has 1 saturated heterocycles. The number of nitrogens with zero attached hydrogens (tertiary/aromatic N) is 5. The third-order valence-corrected chi connectivity index (χ3v) is 12.6. The van der Waals surface area contributed by atoms with Crippen molar-refractivity contribution in [1.29, 1.82) is 0 Å². The lowest BCUT2D eigenvalue weighted by molar-refractivity contribution is -0.304. The van der Waals surface area contributed by atoms with Crippen molar-refractivity contribution in [3.63, 3.8) is 0 Å². The summed E-state index contributed by atoms with van der Waals surface area (Å²) in [5, 5.41) is 53.7. The van der Waals surface area contributed by atoms with Crippen LogP contribution in [0.5, 0.6) is 0 Å². The zero-order valence-electron chi connectivity index (χ0n) is 37.9. The molecule has 0 amide bonds. The van der Waals surface area contributed by atoms with Crippen molar-refractivity contribution < 1.29 is 44.2 Å². The Kier molecular flexibility index (Phi) is 18.6. The number of hydrogen-bond acceptors (Lipinski definition) is 14. The van der Waals surface area contributed by atoms with Crippen LogP contribution in [-0.4, -0.2) is 140 Å². The highest BCUT2D eigenvalue weighted by Crippen LogP contribution is 2.35. The van der Waals surface area contributed by atoms with Gasteiger partial charge in [-0.25, -0.2) is 0 Å². The first-order valence-corrected chi connectivity index (χ1v) is 22.3. The standard InChI is InChI=1S/C48H70N6O9/c1-8-42-37(29-55)23-30(2)17-18-40(56)31(3)24-36(47(32(4)41(57)26-43(58)62-42)63-48-46(60)44(52(6)7)45(59)33(5)61-48)19-20-53(27-34-13-10-9-11-14-34)21-22-54-28-39(50-51-54)35-15-12-16-38(49)25-35/h9-18,23,25,28,31-33,36-37,41-42,44-48,55,57,59-60H,8,19-22,24,26-27,29,49H2,1-7H3/b18-17+,30-23+/t31-,32+,33-,36+,37-,41-,42-,44?,45?,46?,47-,48+/m1/s1. The highest BCUT2D eigenvalue weighted by molar-refractivity contribution is 5.91. The van der Waals surface area contributed by atoms with Gasteiger partial charge in [0.25, 0.3) is 0 Å². The van der Waals surface area contributed by atoms with Crippen molar-refractivity contribution in [3.8, 4) is 11.3 Å². The molecular weight excluding hydrogens is 805 g/mol. The van der Waals surface area contributed by atoms with Crippen LogP contribution in [0, 0.1) is 23.7 Å². The van der Waals surface area contributed by atoms with Crippen LogP contribution >= 0.6 is 0 Å². The molecule has 0 saturated carbocycles. The van der Waals surface area contributed by atoms with Crippen molar-refractivity contribution in [2.75, 3.05) is 39.5 Å². The first-order chi connectivity index (χ1) is 30.1. The Balaban J connectivity index is 1.50. The third kappa shape index (κ3) is 13.8. The van der Waals surface area contributed by atoms with Crippen molar-refractivity contribution in [1.82, 2.24) is 24.8 Å². The smallest absolute Gasteiger partial charge is 0.308 e. The molecule has 15 nitrogen and oxygen atoms in total. The molecule has 0 radical (unpaired) electrons. The van der Waals surface area contributed by atoms with Crippen molar-refractivity contribution in [3.05, 3.63) is 90.2 Å². The fourth-order valence-electron chi connectivity index (χ4n) is 8.80. The molecule has 2 aromatic carbocycles. The highest BCUT2D eigenvalue weighted by atomic mass is 16.7. The number of aromatic nitrogens is 3. The second-order valence-corrected chi connectivity index (χ2v) is 17.7. The predicted molar refractivity (Wildman–Crippen MR) is 241 cm³/mol. The predicted octanol–water partition coefficient (Wildman–Crippen LogP) is 4.25. The third-order valence-electron chi connectivity index (χ3n) is 12.6. The molecule has 0 aliphatic carbocycles. The molecule has 2 aliphatic heterocycles. The molecule has 1 fully saturated rings. The molecule has 0 spiro atoms. The molecule has 3 heterocycles. The molecule has 3 aromatic rings. The van der Waals surface area contributed by atoms with Crippen LogP contribution in [0.1, 0.15) is 65.9 Å². The van der Waals surface area contributed by atoms with E-state index in [4.69, 9.17) is 19.9 Å². The number of cyclic esters (lactones) is 1. The number of anilines is 1. The minimum Gasteiger partial charge on any atom is -0.462 e. The molecule has 63 heavy (non-hydrogen) atoms. The van der Waals surface area contributed by atoms with Gasteiger partial charge in [0.2, 0.25) is 0 Å². The van der Waals surface area contributed by atoms with Crippen molar-refractivity contribution in [2.24, 2.45) is 23.7 Å². The van der Waals surface area contributed by atoms with E-state index >= 15 is 0 Å². The molecule has 15 heteroatoms. The Bertz CT molecular complexity index is 1960. The van der Waals surface area contributed by atoms with Gasteiger partial charge in [-0.3, -0.25) is 19.2 Å². The van der Waals surface area contributed by atoms with Crippen LogP contribution in [-0.2, 0) is 36.9 Å². The van der Waals surface area contributed by atoms with Crippen LogP contribution in [0.2, 0.25) is 0 Å². The van der Waals surface area contributed by atoms with Crippen LogP contribution in [0.4, 0.5) is 5.69 Å². The highest BCUT2D eigenvalue weighted by Gasteiger charge is 2.47. The number of allylic oxidation sites excluding steroid dienone is 3. The lowest BCUT2D eigenvalue weighted by atomic mass is 9.79. The van der Waals surface area contributed by atoms with Gasteiger partial charge in [0.15, 0.2) is 12.1 Å². The maximum absolute atomic E-state index is 13.9. The summed E-state index contributed by atoms with van der Waals surface area (Å²) in [4.78, 5) is 31.5. The van der Waals surface area contributed by atoms with E-state index in [1.807, 2.05) is 69.4 Å². The lowest BCUT2D eigenvalue weighted by Gasteiger charge is -2.46. The molecule has 0 bridgehead atoms. The average molecular weight is 875 g/mol. The van der Waals surface area contributed by atoms with Crippen LogP contribution in [0.3, 0.4) is 0 Å². The van der Waals surface area contributed by atoms with Crippen molar-refractivity contribution >= 4 is 17.4 Å². The number of nitrogen functional groups attached to an aromatic ring is 1. The lowest BCUT2D eigenvalue weighted by Crippen LogP contribution is -2.63. The first-order valence-electron chi connectivity index (χ1n) is 22.3. The minimum atomic E-state index is -1.27. The summed E-state index contributed by atoms with van der Waals surface area (Å²) >= 11 is 0. The van der Waals surface area contributed by atoms with Gasteiger partial charge in [-0.05, 0) is 83.4 Å². The number of nitrogens with two attached hydrogens (primary N) is 1. The Morgan fingerprint density at radius 3 is 2.41 bits per heavy atom. The molecule has 2 aliphatic rings. The second kappa shape index (κ2) is 23.6. The summed E-state index contributed by atoms with van der Waals surface area (Å²) in [6.45, 7) is 11.1. The van der Waals surface area contributed by atoms with Gasteiger partial charge in [0, 0.05) is 42.1 Å². The zero-order valence-corrected chi connectivity index (χ0v) is 37.9. The largest absolute Gasteiger partial charge is 0.462 e. The van der Waals surface area contributed by atoms with E-state index in [1.54, 1.807) is 55.8 Å². The molecule has 346 valence electrons. The molecule has 12 atom stereocenters. The summed E-state index contributed by atoms with van der Waals surface area (Å²) in [6.07, 6.45) is 0.974. The fourth-order valence-corrected chi connectivity index (χ4v) is 8.80. The summed E-state index contributed by atoms with van der Waals surface area (Å²) < 4.78 is 20.7. The Hall–Kier alpha value is -4.32. The van der Waals surface area contributed by atoms with Gasteiger partial charge >= 0.3 is 5.97 Å². The van der Waals surface area contributed by atoms with E-state index < -0.39 is 78.6 Å². The van der Waals surface area contributed by atoms with Crippen LogP contribution in [0.25, 0.3) is 11.3 Å². The maximum Gasteiger partial charge on any atom is 0.308 e. The quantitative estimate of drug-likeness (QED) is 0.114. The molecular formula is C48H70N6O9. The van der Waals surface area contributed by atoms with E-state index in [9.17, 15) is 30.0 Å². The number of esters is 1. The normalized spacial score (nSPS) is 31.7. The fraction of sp³-hybridized carbons (Fsp3) is 0.583. The maximum atomic E-state index is 13.9. The van der Waals surface area contributed by atoms with Gasteiger partial charge in [-0.15, -0.1) is 5.10 Å². The van der Waals surface area contributed by atoms with Crippen molar-refractivity contribution in [2.45, 2.75) is 122 Å². The number of aliphatic hydroxyl groups excluding tert-OH is 4. The van der Waals surface area contributed by atoms with E-state index in [-0.39, 0.29) is 18.8 Å². The van der Waals surface area contributed by atoms with E-state index in [0.717, 1.165) is 16.7 Å². The van der Waals surface area contributed by atoms with Gasteiger partial charge in [0.1, 0.15) is 17.9 Å². The molecule has 6 N–H and O–H groups in total. The number of carbonyl (C=O) groups excluding carboxylic acids is 2. The summed E-state index contributed by atoms with van der Waals surface area (Å²) in [6, 6.07) is 16.9. The summed E-state index contributed by atoms with van der Waals surface area (Å²) in [5.41, 5.74) is 10.1. The number of carbonyl (C=O) groups is 2. The zero-order chi connectivity index (χ0) is 45.8. The van der Waals surface area contributed by atoms with Gasteiger partial charge in [0.05, 0.1) is 56.2 Å². The van der Waals surface area contributed by atoms with Gasteiger partial charge in [-0.2, -0.15) is 0 Å². The van der Waals surface area contributed by atoms with E-state index in [2.05, 4.69) is 27.3 Å². The summed E-state index contributed by atoms with van der Waals surface area (Å²) in [7, 11) is 3.53. The summed E-state index contributed by atoms with van der Waals surface area (Å²) in [5.74, 6) is -2.85. The minimum absolute atomic E-state index is 0.104. The number of rotatable bonds is 14. The molecule has 3 unspecified atom stereocenters. The SMILES string of the molecule is CC[C@H]1OC(=O)C[C@@H](O)[C@H](C)[C@@H](O[C@@H]2O[C@H](C)C(O)C(N(C)C)C2O)[C@@H](CCN(CCn2cc(-c3cccc(N)c3)nn2)Cc2ccccc2)C[C@@H](C)C(=O)/C=C/C(C)=C/[C@@H]1CO. The Morgan fingerprint density at radius 1 is 0.984 bits per heavy atom. The number of ketones is 1.